The number of rotatable bonds is 5. The van der Waals surface area contributed by atoms with E-state index < -0.39 is 0 Å². The summed E-state index contributed by atoms with van der Waals surface area (Å²) in [4.78, 5) is 2.34. The van der Waals surface area contributed by atoms with Crippen LogP contribution >= 0.6 is 0 Å². The molecule has 1 aliphatic rings. The third kappa shape index (κ3) is 4.39. The Morgan fingerprint density at radius 1 is 1.39 bits per heavy atom. The van der Waals surface area contributed by atoms with Crippen LogP contribution < -0.4 is 5.32 Å². The summed E-state index contributed by atoms with van der Waals surface area (Å²) in [7, 11) is 2.15. The van der Waals surface area contributed by atoms with Gasteiger partial charge in [-0.1, -0.05) is 18.6 Å². The monoisotopic (exact) mass is 250 g/mol. The lowest BCUT2D eigenvalue weighted by Gasteiger charge is -2.28. The third-order valence-corrected chi connectivity index (χ3v) is 3.62. The molecule has 0 bridgehead atoms. The fourth-order valence-electron chi connectivity index (χ4n) is 2.56. The molecule has 1 fully saturated rings. The van der Waals surface area contributed by atoms with E-state index in [1.54, 1.807) is 12.1 Å². The van der Waals surface area contributed by atoms with Gasteiger partial charge < -0.3 is 10.2 Å². The topological polar surface area (TPSA) is 15.3 Å². The normalized spacial score (nSPS) is 20.3. The van der Waals surface area contributed by atoms with Crippen molar-refractivity contribution in [2.45, 2.75) is 31.7 Å². The molecule has 1 atom stereocenters. The number of hydrogen-bond donors (Lipinski definition) is 1. The first-order valence-corrected chi connectivity index (χ1v) is 6.90. The Morgan fingerprint density at radius 2 is 2.28 bits per heavy atom. The van der Waals surface area contributed by atoms with Gasteiger partial charge in [0.15, 0.2) is 0 Å². The molecule has 0 amide bonds. The Morgan fingerprint density at radius 3 is 3.00 bits per heavy atom. The van der Waals surface area contributed by atoms with Crippen LogP contribution in [0.5, 0.6) is 0 Å². The molecule has 1 unspecified atom stereocenters. The minimum absolute atomic E-state index is 0.135. The largest absolute Gasteiger partial charge is 0.313 e. The molecule has 0 radical (unpaired) electrons. The molecule has 1 N–H and O–H groups in total. The van der Waals surface area contributed by atoms with E-state index in [1.807, 2.05) is 6.07 Å². The number of nitrogens with one attached hydrogen (secondary N) is 1. The summed E-state index contributed by atoms with van der Waals surface area (Å²) in [6, 6.07) is 7.55. The van der Waals surface area contributed by atoms with Gasteiger partial charge in [-0.15, -0.1) is 0 Å². The summed E-state index contributed by atoms with van der Waals surface area (Å²) in [5.41, 5.74) is 1.08. The second-order valence-electron chi connectivity index (χ2n) is 5.29. The molecule has 100 valence electrons. The molecule has 1 saturated heterocycles. The second kappa shape index (κ2) is 6.86. The molecule has 0 spiro atoms. The molecule has 3 heteroatoms. The van der Waals surface area contributed by atoms with Crippen LogP contribution in [0.2, 0.25) is 0 Å². The fourth-order valence-corrected chi connectivity index (χ4v) is 2.56. The van der Waals surface area contributed by atoms with Crippen molar-refractivity contribution >= 4 is 0 Å². The quantitative estimate of drug-likeness (QED) is 0.863. The van der Waals surface area contributed by atoms with Gasteiger partial charge in [-0.3, -0.25) is 0 Å². The molecular formula is C15H23FN2. The molecule has 1 aromatic rings. The number of hydrogen-bond acceptors (Lipinski definition) is 2. The highest BCUT2D eigenvalue weighted by Gasteiger charge is 2.14. The SMILES string of the molecule is CN(CCc1cccc(F)c1)CC1CCCCN1. The van der Waals surface area contributed by atoms with Gasteiger partial charge in [0.25, 0.3) is 0 Å². The van der Waals surface area contributed by atoms with E-state index in [-0.39, 0.29) is 5.82 Å². The summed E-state index contributed by atoms with van der Waals surface area (Å²) in [5, 5.41) is 3.56. The Bertz CT molecular complexity index is 361. The van der Waals surface area contributed by atoms with E-state index in [1.165, 1.54) is 25.3 Å². The predicted octanol–water partition coefficient (Wildman–Crippen LogP) is 2.44. The van der Waals surface area contributed by atoms with Gasteiger partial charge in [0.05, 0.1) is 0 Å². The molecule has 18 heavy (non-hydrogen) atoms. The van der Waals surface area contributed by atoms with E-state index >= 15 is 0 Å². The third-order valence-electron chi connectivity index (χ3n) is 3.62. The maximum Gasteiger partial charge on any atom is 0.123 e. The fraction of sp³-hybridized carbons (Fsp3) is 0.600. The average molecular weight is 250 g/mol. The maximum atomic E-state index is 13.0. The van der Waals surface area contributed by atoms with E-state index in [0.29, 0.717) is 6.04 Å². The molecule has 0 saturated carbocycles. The van der Waals surface area contributed by atoms with Gasteiger partial charge in [0.1, 0.15) is 5.82 Å². The highest BCUT2D eigenvalue weighted by atomic mass is 19.1. The Kier molecular flexibility index (Phi) is 5.14. The Labute approximate surface area is 109 Å². The molecular weight excluding hydrogens is 227 g/mol. The predicted molar refractivity (Wildman–Crippen MR) is 73.2 cm³/mol. The first kappa shape index (κ1) is 13.5. The highest BCUT2D eigenvalue weighted by Crippen LogP contribution is 2.09. The van der Waals surface area contributed by atoms with E-state index in [0.717, 1.165) is 31.6 Å². The summed E-state index contributed by atoms with van der Waals surface area (Å²) in [6.45, 7) is 3.24. The first-order chi connectivity index (χ1) is 8.74. The van der Waals surface area contributed by atoms with Crippen molar-refractivity contribution in [2.75, 3.05) is 26.7 Å². The molecule has 2 nitrogen and oxygen atoms in total. The molecule has 2 rings (SSSR count). The van der Waals surface area contributed by atoms with Crippen LogP contribution in [0.25, 0.3) is 0 Å². The minimum Gasteiger partial charge on any atom is -0.313 e. The number of likely N-dealkylation sites (N-methyl/N-ethyl adjacent to an activating group) is 1. The van der Waals surface area contributed by atoms with E-state index in [9.17, 15) is 4.39 Å². The van der Waals surface area contributed by atoms with E-state index in [4.69, 9.17) is 0 Å². The lowest BCUT2D eigenvalue weighted by Crippen LogP contribution is -2.42. The number of halogens is 1. The number of piperidine rings is 1. The highest BCUT2D eigenvalue weighted by molar-refractivity contribution is 5.16. The van der Waals surface area contributed by atoms with Crippen molar-refractivity contribution in [1.82, 2.24) is 10.2 Å². The summed E-state index contributed by atoms with van der Waals surface area (Å²) in [6.07, 6.45) is 4.85. The minimum atomic E-state index is -0.135. The zero-order chi connectivity index (χ0) is 12.8. The van der Waals surface area contributed by atoms with Crippen molar-refractivity contribution < 1.29 is 4.39 Å². The van der Waals surface area contributed by atoms with Crippen LogP contribution in [-0.4, -0.2) is 37.6 Å². The van der Waals surface area contributed by atoms with Gasteiger partial charge in [0, 0.05) is 19.1 Å². The second-order valence-corrected chi connectivity index (χ2v) is 5.29. The maximum absolute atomic E-state index is 13.0. The molecule has 1 heterocycles. The van der Waals surface area contributed by atoms with Gasteiger partial charge in [-0.05, 0) is 50.6 Å². The molecule has 1 aromatic carbocycles. The molecule has 0 aromatic heterocycles. The average Bonchev–Trinajstić information content (AvgIpc) is 2.38. The number of nitrogens with zero attached hydrogens (tertiary/aromatic N) is 1. The van der Waals surface area contributed by atoms with Crippen molar-refractivity contribution in [1.29, 1.82) is 0 Å². The van der Waals surface area contributed by atoms with Crippen LogP contribution in [0.15, 0.2) is 24.3 Å². The van der Waals surface area contributed by atoms with Gasteiger partial charge >= 0.3 is 0 Å². The van der Waals surface area contributed by atoms with Crippen molar-refractivity contribution in [3.63, 3.8) is 0 Å². The zero-order valence-corrected chi connectivity index (χ0v) is 11.2. The summed E-state index contributed by atoms with van der Waals surface area (Å²) >= 11 is 0. The Balaban J connectivity index is 1.72. The van der Waals surface area contributed by atoms with Crippen LogP contribution in [0.4, 0.5) is 4.39 Å². The van der Waals surface area contributed by atoms with Crippen LogP contribution in [0.1, 0.15) is 24.8 Å². The molecule has 1 aliphatic heterocycles. The Hall–Kier alpha value is -0.930. The van der Waals surface area contributed by atoms with Crippen LogP contribution in [0.3, 0.4) is 0 Å². The van der Waals surface area contributed by atoms with Crippen molar-refractivity contribution in [3.8, 4) is 0 Å². The summed E-state index contributed by atoms with van der Waals surface area (Å²) in [5.74, 6) is -0.135. The lowest BCUT2D eigenvalue weighted by atomic mass is 10.0. The lowest BCUT2D eigenvalue weighted by molar-refractivity contribution is 0.264. The molecule has 0 aliphatic carbocycles. The van der Waals surface area contributed by atoms with Crippen LogP contribution in [0, 0.1) is 5.82 Å². The smallest absolute Gasteiger partial charge is 0.123 e. The van der Waals surface area contributed by atoms with Crippen molar-refractivity contribution in [3.05, 3.63) is 35.6 Å². The standard InChI is InChI=1S/C15H23FN2/c1-18(12-15-7-2-3-9-17-15)10-8-13-5-4-6-14(16)11-13/h4-6,11,15,17H,2-3,7-10,12H2,1H3. The van der Waals surface area contributed by atoms with Gasteiger partial charge in [0.2, 0.25) is 0 Å². The zero-order valence-electron chi connectivity index (χ0n) is 11.2. The first-order valence-electron chi connectivity index (χ1n) is 6.90. The number of benzene rings is 1. The van der Waals surface area contributed by atoms with Gasteiger partial charge in [-0.25, -0.2) is 4.39 Å². The van der Waals surface area contributed by atoms with E-state index in [2.05, 4.69) is 17.3 Å². The van der Waals surface area contributed by atoms with Crippen LogP contribution in [-0.2, 0) is 6.42 Å². The van der Waals surface area contributed by atoms with Crippen molar-refractivity contribution in [2.24, 2.45) is 0 Å². The van der Waals surface area contributed by atoms with Gasteiger partial charge in [-0.2, -0.15) is 0 Å². The summed E-state index contributed by atoms with van der Waals surface area (Å²) < 4.78 is 13.0.